The summed E-state index contributed by atoms with van der Waals surface area (Å²) in [6.07, 6.45) is 0. The number of rotatable bonds is 5. The lowest BCUT2D eigenvalue weighted by atomic mass is 10.0. The van der Waals surface area contributed by atoms with Crippen molar-refractivity contribution in [3.8, 4) is 16.8 Å². The van der Waals surface area contributed by atoms with E-state index in [0.29, 0.717) is 0 Å². The van der Waals surface area contributed by atoms with E-state index in [1.54, 1.807) is 0 Å². The summed E-state index contributed by atoms with van der Waals surface area (Å²) in [5, 5.41) is 8.12. The van der Waals surface area contributed by atoms with Crippen molar-refractivity contribution in [1.29, 1.82) is 0 Å². The van der Waals surface area contributed by atoms with Crippen LogP contribution < -0.4 is 14.6 Å². The van der Waals surface area contributed by atoms with Crippen molar-refractivity contribution in [1.82, 2.24) is 4.57 Å². The van der Waals surface area contributed by atoms with Gasteiger partial charge in [-0.05, 0) is 90.0 Å². The summed E-state index contributed by atoms with van der Waals surface area (Å²) in [5.74, 6) is 0. The topological polar surface area (TPSA) is 37.7 Å². The quantitative estimate of drug-likeness (QED) is 0.163. The first-order valence-electron chi connectivity index (χ1n) is 20.3. The molecule has 0 fully saturated rings. The lowest BCUT2D eigenvalue weighted by Gasteiger charge is -2.33. The first-order chi connectivity index (χ1) is 29.8. The van der Waals surface area contributed by atoms with Crippen LogP contribution in [0.5, 0.6) is 0 Å². The molecule has 0 radical (unpaired) electrons. The highest BCUT2D eigenvalue weighted by atomic mass is 31.1. The van der Waals surface area contributed by atoms with E-state index >= 15 is 0 Å². The predicted molar refractivity (Wildman–Crippen MR) is 251 cm³/mol. The minimum Gasteiger partial charge on any atom is -0.456 e. The van der Waals surface area contributed by atoms with Crippen LogP contribution in [0.2, 0.25) is 0 Å². The molecule has 9 aromatic carbocycles. The number of aromatic nitrogens is 1. The third-order valence-corrected chi connectivity index (χ3v) is 14.4. The van der Waals surface area contributed by atoms with Crippen LogP contribution in [0.15, 0.2) is 215 Å². The van der Waals surface area contributed by atoms with Crippen molar-refractivity contribution in [2.75, 3.05) is 9.34 Å². The van der Waals surface area contributed by atoms with Crippen LogP contribution in [0.1, 0.15) is 0 Å². The number of hydrogen-bond acceptors (Lipinski definition) is 4. The van der Waals surface area contributed by atoms with Crippen molar-refractivity contribution in [2.24, 2.45) is 0 Å². The van der Waals surface area contributed by atoms with Gasteiger partial charge in [-0.1, -0.05) is 127 Å². The summed E-state index contributed by atoms with van der Waals surface area (Å²) < 4.78 is 20.6. The molecule has 1 atom stereocenters. The number of para-hydroxylation sites is 4. The number of anilines is 4. The van der Waals surface area contributed by atoms with Crippen LogP contribution in [-0.2, 0) is 0 Å². The predicted octanol–water partition coefficient (Wildman–Crippen LogP) is 15.2. The molecule has 282 valence electrons. The third-order valence-electron chi connectivity index (χ3n) is 12.0. The first kappa shape index (κ1) is 33.4. The molecule has 0 aliphatic carbocycles. The molecular weight excluding hydrogens is 754 g/mol. The maximum absolute atomic E-state index is 6.54. The molecule has 13 rings (SSSR count). The molecule has 60 heavy (non-hydrogen) atoms. The normalized spacial score (nSPS) is 14.1. The highest BCUT2D eigenvalue weighted by Gasteiger charge is 2.42. The van der Waals surface area contributed by atoms with E-state index in [0.717, 1.165) is 77.9 Å². The van der Waals surface area contributed by atoms with Crippen molar-refractivity contribution in [3.63, 3.8) is 0 Å². The van der Waals surface area contributed by atoms with Gasteiger partial charge in [0.25, 0.3) is 0 Å². The van der Waals surface area contributed by atoms with Gasteiger partial charge >= 0.3 is 0 Å². The Morgan fingerprint density at radius 2 is 0.850 bits per heavy atom. The standard InChI is InChI=1S/C54H34N3O2P/c1-3-15-37(16-4-1)55-43-22-10-7-19-39(43)42-33-35(29-31-44(42)55)36-30-32-45-48(34-36)57(47-24-14-28-52-54(47)41-21-9-12-26-50(41)59-52)60(38-17-5-2-6-18-38)56(45)46-23-13-27-51-53(46)40-20-8-11-25-49(40)58-51/h1-34H. The van der Waals surface area contributed by atoms with Gasteiger partial charge in [0, 0.05) is 32.5 Å². The van der Waals surface area contributed by atoms with E-state index in [2.05, 4.69) is 208 Å². The molecule has 5 nitrogen and oxygen atoms in total. The molecule has 0 N–H and O–H groups in total. The first-order valence-corrected chi connectivity index (χ1v) is 21.5. The van der Waals surface area contributed by atoms with Gasteiger partial charge in [0.05, 0.1) is 44.6 Å². The molecule has 0 saturated carbocycles. The van der Waals surface area contributed by atoms with E-state index in [-0.39, 0.29) is 0 Å². The van der Waals surface area contributed by atoms with Gasteiger partial charge in [-0.25, -0.2) is 0 Å². The molecule has 0 saturated heterocycles. The molecule has 12 aromatic rings. The summed E-state index contributed by atoms with van der Waals surface area (Å²) in [6, 6.07) is 74.1. The van der Waals surface area contributed by atoms with Crippen molar-refractivity contribution >= 4 is 102 Å². The average molecular weight is 788 g/mol. The Morgan fingerprint density at radius 1 is 0.333 bits per heavy atom. The Kier molecular flexibility index (Phi) is 7.21. The fourth-order valence-corrected chi connectivity index (χ4v) is 12.0. The number of benzene rings is 9. The SMILES string of the molecule is c1ccc(-n2c3ccccc3c3cc(-c4ccc5c(c4)N(c4cccc6oc7ccccc7c46)P(c4ccccc4)N5c4cccc5oc6ccccc6c45)ccc32)cc1. The van der Waals surface area contributed by atoms with E-state index < -0.39 is 8.22 Å². The molecular formula is C54H34N3O2P. The van der Waals surface area contributed by atoms with Gasteiger partial charge in [0.2, 0.25) is 0 Å². The molecule has 4 heterocycles. The summed E-state index contributed by atoms with van der Waals surface area (Å²) in [7, 11) is -1.24. The Labute approximate surface area is 346 Å². The smallest absolute Gasteiger partial charge is 0.138 e. The molecule has 1 aliphatic heterocycles. The molecule has 3 aromatic heterocycles. The molecule has 1 unspecified atom stereocenters. The lowest BCUT2D eigenvalue weighted by molar-refractivity contribution is 0.668. The summed E-state index contributed by atoms with van der Waals surface area (Å²) in [6.45, 7) is 0. The van der Waals surface area contributed by atoms with Crippen molar-refractivity contribution in [3.05, 3.63) is 206 Å². The number of hydrogen-bond donors (Lipinski definition) is 0. The minimum atomic E-state index is -1.24. The average Bonchev–Trinajstić information content (AvgIpc) is 4.07. The van der Waals surface area contributed by atoms with Gasteiger partial charge in [-0.2, -0.15) is 0 Å². The van der Waals surface area contributed by atoms with E-state index in [1.165, 1.54) is 32.7 Å². The van der Waals surface area contributed by atoms with Crippen LogP contribution in [0.4, 0.5) is 22.7 Å². The van der Waals surface area contributed by atoms with Crippen LogP contribution >= 0.6 is 8.22 Å². The zero-order chi connectivity index (χ0) is 39.3. The highest BCUT2D eigenvalue weighted by Crippen LogP contribution is 2.67. The van der Waals surface area contributed by atoms with Crippen molar-refractivity contribution < 1.29 is 8.83 Å². The van der Waals surface area contributed by atoms with Gasteiger partial charge in [-0.15, -0.1) is 0 Å². The van der Waals surface area contributed by atoms with E-state index in [1.807, 2.05) is 12.1 Å². The molecule has 6 heteroatoms. The number of furan rings is 2. The second-order valence-electron chi connectivity index (χ2n) is 15.4. The van der Waals surface area contributed by atoms with Crippen LogP contribution in [0.3, 0.4) is 0 Å². The number of fused-ring (bicyclic) bond motifs is 10. The van der Waals surface area contributed by atoms with Crippen LogP contribution in [0.25, 0.3) is 82.5 Å². The fourth-order valence-electron chi connectivity index (χ4n) is 9.47. The Hall–Kier alpha value is -7.59. The Bertz CT molecular complexity index is 3640. The van der Waals surface area contributed by atoms with Gasteiger partial charge in [0.1, 0.15) is 30.6 Å². The highest BCUT2D eigenvalue weighted by molar-refractivity contribution is 7.70. The zero-order valence-electron chi connectivity index (χ0n) is 32.2. The van der Waals surface area contributed by atoms with E-state index in [9.17, 15) is 0 Å². The maximum atomic E-state index is 6.54. The van der Waals surface area contributed by atoms with Crippen LogP contribution in [0, 0.1) is 0 Å². The summed E-state index contributed by atoms with van der Waals surface area (Å²) >= 11 is 0. The van der Waals surface area contributed by atoms with Crippen molar-refractivity contribution in [2.45, 2.75) is 0 Å². The largest absolute Gasteiger partial charge is 0.456 e. The van der Waals surface area contributed by atoms with Gasteiger partial charge in [0.15, 0.2) is 0 Å². The van der Waals surface area contributed by atoms with E-state index in [4.69, 9.17) is 8.83 Å². The fraction of sp³-hybridized carbons (Fsp3) is 0. The molecule has 0 amide bonds. The Balaban J connectivity index is 1.09. The Morgan fingerprint density at radius 3 is 1.53 bits per heavy atom. The maximum Gasteiger partial charge on any atom is 0.138 e. The zero-order valence-corrected chi connectivity index (χ0v) is 33.1. The molecule has 0 spiro atoms. The summed E-state index contributed by atoms with van der Waals surface area (Å²) in [4.78, 5) is 0. The molecule has 0 bridgehead atoms. The monoisotopic (exact) mass is 787 g/mol. The lowest BCUT2D eigenvalue weighted by Crippen LogP contribution is -2.22. The second-order valence-corrected chi connectivity index (χ2v) is 17.3. The minimum absolute atomic E-state index is 0.871. The van der Waals surface area contributed by atoms with Crippen LogP contribution in [-0.4, -0.2) is 4.57 Å². The summed E-state index contributed by atoms with van der Waals surface area (Å²) in [5.41, 5.74) is 13.9. The second kappa shape index (κ2) is 13.0. The van der Waals surface area contributed by atoms with Gasteiger partial charge in [-0.3, -0.25) is 9.34 Å². The van der Waals surface area contributed by atoms with Gasteiger partial charge < -0.3 is 13.4 Å². The molecule has 1 aliphatic rings. The number of nitrogens with zero attached hydrogens (tertiary/aromatic N) is 3. The third kappa shape index (κ3) is 4.84.